The Morgan fingerprint density at radius 2 is 1.95 bits per heavy atom. The molecule has 10 heteroatoms. The molecule has 3 heterocycles. The molecule has 3 atom stereocenters. The number of nitrogens with zero attached hydrogens (tertiary/aromatic N) is 6. The summed E-state index contributed by atoms with van der Waals surface area (Å²) in [5.74, 6) is 0.823. The van der Waals surface area contributed by atoms with E-state index in [9.17, 15) is 14.4 Å². The number of nitrogen functional groups attached to an aromatic ring is 1. The maximum absolute atomic E-state index is 14.4. The number of hydrogen-bond donors (Lipinski definition) is 1. The molecule has 0 radical (unpaired) electrons. The first-order valence-electron chi connectivity index (χ1n) is 12.2. The molecule has 37 heavy (non-hydrogen) atoms. The number of halogens is 2. The molecular weight excluding hydrogens is 493 g/mol. The highest BCUT2D eigenvalue weighted by Gasteiger charge is 2.46. The topological polar surface area (TPSA) is 114 Å². The van der Waals surface area contributed by atoms with Crippen LogP contribution in [0.1, 0.15) is 49.5 Å². The third kappa shape index (κ3) is 3.80. The molecule has 2 aromatic heterocycles. The maximum atomic E-state index is 14.4. The van der Waals surface area contributed by atoms with Crippen molar-refractivity contribution < 1.29 is 4.39 Å². The van der Waals surface area contributed by atoms with Crippen molar-refractivity contribution >= 4 is 34.1 Å². The van der Waals surface area contributed by atoms with Crippen LogP contribution in [-0.2, 0) is 0 Å². The van der Waals surface area contributed by atoms with Crippen molar-refractivity contribution in [3.05, 3.63) is 81.4 Å². The van der Waals surface area contributed by atoms with E-state index in [1.165, 1.54) is 23.0 Å². The first-order valence-corrected chi connectivity index (χ1v) is 12.6. The Kier molecular flexibility index (Phi) is 5.76. The van der Waals surface area contributed by atoms with Crippen LogP contribution in [0.2, 0.25) is 5.02 Å². The van der Waals surface area contributed by atoms with Crippen molar-refractivity contribution in [2.75, 3.05) is 10.6 Å². The van der Waals surface area contributed by atoms with Crippen LogP contribution in [0.3, 0.4) is 0 Å². The fraction of sp³-hybridized carbons (Fsp3) is 0.296. The van der Waals surface area contributed by atoms with Gasteiger partial charge in [-0.05, 0) is 55.5 Å². The Bertz CT molecular complexity index is 1630. The van der Waals surface area contributed by atoms with Crippen LogP contribution in [0.25, 0.3) is 16.6 Å². The van der Waals surface area contributed by atoms with Gasteiger partial charge in [0.15, 0.2) is 5.82 Å². The number of fused-ring (bicyclic) bond motifs is 2. The van der Waals surface area contributed by atoms with Gasteiger partial charge in [0.05, 0.1) is 27.7 Å². The van der Waals surface area contributed by atoms with Gasteiger partial charge in [0.2, 0.25) is 0 Å². The number of aromatic nitrogens is 4. The second-order valence-electron chi connectivity index (χ2n) is 9.56. The largest absolute Gasteiger partial charge is 0.382 e. The van der Waals surface area contributed by atoms with E-state index < -0.39 is 11.9 Å². The van der Waals surface area contributed by atoms with Crippen LogP contribution in [0.4, 0.5) is 16.0 Å². The van der Waals surface area contributed by atoms with Gasteiger partial charge in [0, 0.05) is 6.04 Å². The molecule has 2 aromatic carbocycles. The zero-order valence-corrected chi connectivity index (χ0v) is 20.6. The summed E-state index contributed by atoms with van der Waals surface area (Å²) >= 11 is 6.44. The number of hydrogen-bond acceptors (Lipinski definition) is 7. The normalized spacial score (nSPS) is 21.1. The van der Waals surface area contributed by atoms with E-state index in [0.717, 1.165) is 25.7 Å². The quantitative estimate of drug-likeness (QED) is 0.411. The van der Waals surface area contributed by atoms with Crippen molar-refractivity contribution in [2.45, 2.75) is 44.2 Å². The van der Waals surface area contributed by atoms with Crippen LogP contribution < -0.4 is 16.2 Å². The second-order valence-corrected chi connectivity index (χ2v) is 9.97. The van der Waals surface area contributed by atoms with E-state index in [1.807, 2.05) is 0 Å². The monoisotopic (exact) mass is 515 g/mol. The van der Waals surface area contributed by atoms with Crippen molar-refractivity contribution in [3.8, 4) is 11.8 Å². The summed E-state index contributed by atoms with van der Waals surface area (Å²) in [6.07, 6.45) is 6.14. The number of nitrogens with two attached hydrogens (primary N) is 1. The number of benzene rings is 2. The Hall–Kier alpha value is -4.03. The van der Waals surface area contributed by atoms with Crippen LogP contribution in [0.15, 0.2) is 53.6 Å². The molecule has 4 aromatic rings. The third-order valence-corrected chi connectivity index (χ3v) is 7.85. The lowest BCUT2D eigenvalue weighted by Gasteiger charge is -2.35. The minimum absolute atomic E-state index is 0.0908. The summed E-state index contributed by atoms with van der Waals surface area (Å²) in [7, 11) is 0. The molecule has 0 spiro atoms. The molecule has 0 bridgehead atoms. The van der Waals surface area contributed by atoms with Gasteiger partial charge in [-0.25, -0.2) is 19.3 Å². The molecule has 8 nitrogen and oxygen atoms in total. The maximum Gasteiger partial charge on any atom is 0.267 e. The zero-order chi connectivity index (χ0) is 25.7. The molecule has 1 saturated heterocycles. The summed E-state index contributed by atoms with van der Waals surface area (Å²) in [5, 5.41) is 10.5. The summed E-state index contributed by atoms with van der Waals surface area (Å²) in [4.78, 5) is 29.5. The molecule has 0 unspecified atom stereocenters. The zero-order valence-electron chi connectivity index (χ0n) is 19.8. The fourth-order valence-corrected chi connectivity index (χ4v) is 6.23. The Morgan fingerprint density at radius 1 is 1.14 bits per heavy atom. The highest BCUT2D eigenvalue weighted by molar-refractivity contribution is 6.35. The van der Waals surface area contributed by atoms with Crippen LogP contribution >= 0.6 is 11.6 Å². The van der Waals surface area contributed by atoms with E-state index in [0.29, 0.717) is 35.2 Å². The summed E-state index contributed by atoms with van der Waals surface area (Å²) in [5.41, 5.74) is 6.70. The van der Waals surface area contributed by atoms with Gasteiger partial charge >= 0.3 is 0 Å². The average Bonchev–Trinajstić information content (AvgIpc) is 3.27. The lowest BCUT2D eigenvalue weighted by molar-refractivity contribution is 0.341. The number of rotatable bonds is 3. The van der Waals surface area contributed by atoms with Crippen LogP contribution in [0.5, 0.6) is 0 Å². The predicted molar refractivity (Wildman–Crippen MR) is 139 cm³/mol. The molecule has 1 aliphatic carbocycles. The van der Waals surface area contributed by atoms with Crippen LogP contribution in [-0.4, -0.2) is 25.6 Å². The molecule has 1 aliphatic heterocycles. The van der Waals surface area contributed by atoms with E-state index in [-0.39, 0.29) is 33.4 Å². The number of anilines is 2. The molecule has 2 N–H and O–H groups in total. The molecule has 2 aliphatic rings. The van der Waals surface area contributed by atoms with Gasteiger partial charge in [-0.3, -0.25) is 9.36 Å². The van der Waals surface area contributed by atoms with Gasteiger partial charge in [-0.1, -0.05) is 36.6 Å². The molecule has 186 valence electrons. The summed E-state index contributed by atoms with van der Waals surface area (Å²) < 4.78 is 15.8. The van der Waals surface area contributed by atoms with Crippen molar-refractivity contribution in [3.63, 3.8) is 0 Å². The van der Waals surface area contributed by atoms with Crippen molar-refractivity contribution in [1.29, 1.82) is 5.26 Å². The van der Waals surface area contributed by atoms with Gasteiger partial charge < -0.3 is 10.6 Å². The van der Waals surface area contributed by atoms with E-state index in [1.54, 1.807) is 30.3 Å². The minimum atomic E-state index is -0.470. The molecule has 2 fully saturated rings. The average molecular weight is 516 g/mol. The minimum Gasteiger partial charge on any atom is -0.382 e. The lowest BCUT2D eigenvalue weighted by atomic mass is 9.84. The van der Waals surface area contributed by atoms with E-state index in [2.05, 4.69) is 20.9 Å². The first-order chi connectivity index (χ1) is 18.0. The standard InChI is InChI=1S/C27H23ClFN7O/c28-19-8-4-9-20-23(19)27(37)35(17-7-3-6-16(29)12-17)26(34-20)22-11-15-5-1-2-10-21(15)36(22)25-18(13-30)24(31)32-14-33-25/h3-4,6-9,12,14-15,21-22H,1-2,5,10-11H2,(H2,31,32,33)/t15-,21-,22-/m0/s1. The SMILES string of the molecule is N#Cc1c(N)ncnc1N1[C@H](c2nc3cccc(Cl)c3c(=O)n2-c2cccc(F)c2)C[C@@H]2CCCC[C@@H]21. The van der Waals surface area contributed by atoms with Gasteiger partial charge in [-0.2, -0.15) is 5.26 Å². The molecular formula is C27H23ClFN7O. The predicted octanol–water partition coefficient (Wildman–Crippen LogP) is 4.93. The van der Waals surface area contributed by atoms with Gasteiger partial charge in [0.1, 0.15) is 35.4 Å². The number of nitriles is 1. The van der Waals surface area contributed by atoms with E-state index >= 15 is 0 Å². The summed E-state index contributed by atoms with van der Waals surface area (Å²) in [6.45, 7) is 0. The van der Waals surface area contributed by atoms with Gasteiger partial charge in [0.25, 0.3) is 5.56 Å². The lowest BCUT2D eigenvalue weighted by Crippen LogP contribution is -2.39. The van der Waals surface area contributed by atoms with Crippen molar-refractivity contribution in [1.82, 2.24) is 19.5 Å². The smallest absolute Gasteiger partial charge is 0.267 e. The summed E-state index contributed by atoms with van der Waals surface area (Å²) in [6, 6.07) is 12.9. The highest BCUT2D eigenvalue weighted by atomic mass is 35.5. The third-order valence-electron chi connectivity index (χ3n) is 7.54. The van der Waals surface area contributed by atoms with E-state index in [4.69, 9.17) is 22.3 Å². The Morgan fingerprint density at radius 3 is 2.76 bits per heavy atom. The van der Waals surface area contributed by atoms with Gasteiger partial charge in [-0.15, -0.1) is 0 Å². The van der Waals surface area contributed by atoms with Crippen molar-refractivity contribution in [2.24, 2.45) is 5.92 Å². The van der Waals surface area contributed by atoms with Crippen LogP contribution in [0, 0.1) is 23.1 Å². The molecule has 6 rings (SSSR count). The molecule has 0 amide bonds. The first kappa shape index (κ1) is 23.4. The highest BCUT2D eigenvalue weighted by Crippen LogP contribution is 2.48. The Balaban J connectivity index is 1.65. The Labute approximate surface area is 217 Å². The second kappa shape index (κ2) is 9.12. The molecule has 1 saturated carbocycles. The fourth-order valence-electron chi connectivity index (χ4n) is 5.98.